The van der Waals surface area contributed by atoms with Crippen molar-refractivity contribution in [1.29, 1.82) is 0 Å². The molecule has 1 aliphatic carbocycles. The van der Waals surface area contributed by atoms with Gasteiger partial charge in [0.15, 0.2) is 0 Å². The molecular formula is C16H32N2. The van der Waals surface area contributed by atoms with Crippen molar-refractivity contribution >= 4 is 0 Å². The number of nitrogens with two attached hydrogens (primary N) is 1. The van der Waals surface area contributed by atoms with Gasteiger partial charge in [0.05, 0.1) is 0 Å². The number of hydrogen-bond acceptors (Lipinski definition) is 2. The number of hydrogen-bond donors (Lipinski definition) is 1. The highest BCUT2D eigenvalue weighted by Crippen LogP contribution is 2.38. The van der Waals surface area contributed by atoms with Gasteiger partial charge in [-0.3, -0.25) is 0 Å². The standard InChI is InChI=1S/C16H32N2/c1-16(2,3)14-5-4-6-15(8-7-14)18-10-9-13(11-17)12-18/h13-15H,4-12,17H2,1-3H3. The number of nitrogens with zero attached hydrogens (tertiary/aromatic N) is 1. The second-order valence-electron chi connectivity index (χ2n) is 7.61. The quantitative estimate of drug-likeness (QED) is 0.764. The van der Waals surface area contributed by atoms with E-state index in [9.17, 15) is 0 Å². The Hall–Kier alpha value is -0.0800. The molecule has 2 heteroatoms. The Morgan fingerprint density at radius 3 is 2.44 bits per heavy atom. The fourth-order valence-electron chi connectivity index (χ4n) is 3.90. The average Bonchev–Trinajstić information content (AvgIpc) is 2.64. The third kappa shape index (κ3) is 3.48. The highest BCUT2D eigenvalue weighted by Gasteiger charge is 2.32. The molecule has 1 heterocycles. The summed E-state index contributed by atoms with van der Waals surface area (Å²) in [5.41, 5.74) is 6.31. The minimum Gasteiger partial charge on any atom is -0.330 e. The van der Waals surface area contributed by atoms with Gasteiger partial charge in [0.1, 0.15) is 0 Å². The molecule has 2 rings (SSSR count). The van der Waals surface area contributed by atoms with Gasteiger partial charge in [0.25, 0.3) is 0 Å². The van der Waals surface area contributed by atoms with E-state index in [0.717, 1.165) is 24.4 Å². The maximum atomic E-state index is 5.81. The Bertz CT molecular complexity index is 256. The van der Waals surface area contributed by atoms with Crippen LogP contribution in [0.2, 0.25) is 0 Å². The van der Waals surface area contributed by atoms with E-state index in [1.165, 1.54) is 51.6 Å². The second-order valence-corrected chi connectivity index (χ2v) is 7.61. The van der Waals surface area contributed by atoms with Gasteiger partial charge in [-0.05, 0) is 62.4 Å². The summed E-state index contributed by atoms with van der Waals surface area (Å²) >= 11 is 0. The first-order chi connectivity index (χ1) is 8.50. The van der Waals surface area contributed by atoms with E-state index in [1.807, 2.05) is 0 Å². The predicted octanol–water partition coefficient (Wildman–Crippen LogP) is 3.26. The molecule has 1 saturated heterocycles. The Balaban J connectivity index is 1.86. The Morgan fingerprint density at radius 1 is 1.06 bits per heavy atom. The van der Waals surface area contributed by atoms with Gasteiger partial charge in [-0.25, -0.2) is 0 Å². The molecule has 18 heavy (non-hydrogen) atoms. The average molecular weight is 252 g/mol. The van der Waals surface area contributed by atoms with Crippen molar-refractivity contribution in [3.8, 4) is 0 Å². The maximum Gasteiger partial charge on any atom is 0.00954 e. The largest absolute Gasteiger partial charge is 0.330 e. The molecule has 0 radical (unpaired) electrons. The van der Waals surface area contributed by atoms with Gasteiger partial charge in [0.2, 0.25) is 0 Å². The molecule has 106 valence electrons. The van der Waals surface area contributed by atoms with Crippen molar-refractivity contribution < 1.29 is 0 Å². The summed E-state index contributed by atoms with van der Waals surface area (Å²) in [6.07, 6.45) is 8.46. The predicted molar refractivity (Wildman–Crippen MR) is 78.6 cm³/mol. The highest BCUT2D eigenvalue weighted by atomic mass is 15.2. The molecule has 0 bridgehead atoms. The van der Waals surface area contributed by atoms with Crippen LogP contribution in [0.3, 0.4) is 0 Å². The van der Waals surface area contributed by atoms with E-state index in [2.05, 4.69) is 25.7 Å². The molecule has 0 amide bonds. The van der Waals surface area contributed by atoms with Crippen molar-refractivity contribution in [2.45, 2.75) is 65.3 Å². The SMILES string of the molecule is CC(C)(C)C1CCCC(N2CCC(CN)C2)CC1. The van der Waals surface area contributed by atoms with Crippen LogP contribution >= 0.6 is 0 Å². The molecule has 2 nitrogen and oxygen atoms in total. The van der Waals surface area contributed by atoms with Gasteiger partial charge in [-0.2, -0.15) is 0 Å². The Labute approximate surface area is 113 Å². The first-order valence-electron chi connectivity index (χ1n) is 7.95. The summed E-state index contributed by atoms with van der Waals surface area (Å²) in [4.78, 5) is 2.74. The van der Waals surface area contributed by atoms with Crippen LogP contribution in [0, 0.1) is 17.3 Å². The van der Waals surface area contributed by atoms with E-state index >= 15 is 0 Å². The summed E-state index contributed by atoms with van der Waals surface area (Å²) < 4.78 is 0. The van der Waals surface area contributed by atoms with Crippen LogP contribution in [-0.4, -0.2) is 30.6 Å². The van der Waals surface area contributed by atoms with Gasteiger partial charge >= 0.3 is 0 Å². The van der Waals surface area contributed by atoms with Crippen LogP contribution in [0.5, 0.6) is 0 Å². The van der Waals surface area contributed by atoms with Crippen LogP contribution in [0.4, 0.5) is 0 Å². The smallest absolute Gasteiger partial charge is 0.00954 e. The lowest BCUT2D eigenvalue weighted by molar-refractivity contribution is 0.192. The molecule has 2 N–H and O–H groups in total. The first-order valence-corrected chi connectivity index (χ1v) is 7.95. The normalized spacial score (nSPS) is 35.7. The topological polar surface area (TPSA) is 29.3 Å². The van der Waals surface area contributed by atoms with Crippen LogP contribution in [0.25, 0.3) is 0 Å². The van der Waals surface area contributed by atoms with E-state index in [0.29, 0.717) is 5.41 Å². The van der Waals surface area contributed by atoms with E-state index < -0.39 is 0 Å². The lowest BCUT2D eigenvalue weighted by atomic mass is 9.76. The molecule has 0 spiro atoms. The van der Waals surface area contributed by atoms with Crippen molar-refractivity contribution in [3.63, 3.8) is 0 Å². The van der Waals surface area contributed by atoms with Crippen molar-refractivity contribution in [1.82, 2.24) is 4.90 Å². The molecule has 1 saturated carbocycles. The number of rotatable bonds is 2. The molecule has 2 aliphatic rings. The first kappa shape index (κ1) is 14.3. The highest BCUT2D eigenvalue weighted by molar-refractivity contribution is 4.86. The molecule has 0 aromatic heterocycles. The molecule has 3 unspecified atom stereocenters. The van der Waals surface area contributed by atoms with Gasteiger partial charge in [-0.15, -0.1) is 0 Å². The second kappa shape index (κ2) is 5.92. The number of likely N-dealkylation sites (tertiary alicyclic amines) is 1. The molecule has 3 atom stereocenters. The minimum atomic E-state index is 0.500. The molecular weight excluding hydrogens is 220 g/mol. The third-order valence-electron chi connectivity index (χ3n) is 5.33. The molecule has 1 aliphatic heterocycles. The zero-order valence-corrected chi connectivity index (χ0v) is 12.6. The molecule has 0 aromatic rings. The van der Waals surface area contributed by atoms with Crippen LogP contribution in [-0.2, 0) is 0 Å². The van der Waals surface area contributed by atoms with E-state index in [-0.39, 0.29) is 0 Å². The molecule has 2 fully saturated rings. The van der Waals surface area contributed by atoms with Crippen LogP contribution < -0.4 is 5.73 Å². The lowest BCUT2D eigenvalue weighted by Gasteiger charge is -2.30. The fourth-order valence-corrected chi connectivity index (χ4v) is 3.90. The van der Waals surface area contributed by atoms with E-state index in [4.69, 9.17) is 5.73 Å². The van der Waals surface area contributed by atoms with Crippen molar-refractivity contribution in [2.75, 3.05) is 19.6 Å². The van der Waals surface area contributed by atoms with Gasteiger partial charge in [0, 0.05) is 12.6 Å². The summed E-state index contributed by atoms with van der Waals surface area (Å²) in [6.45, 7) is 10.7. The third-order valence-corrected chi connectivity index (χ3v) is 5.33. The van der Waals surface area contributed by atoms with Crippen molar-refractivity contribution in [2.24, 2.45) is 23.0 Å². The van der Waals surface area contributed by atoms with E-state index in [1.54, 1.807) is 0 Å². The van der Waals surface area contributed by atoms with Crippen LogP contribution in [0.15, 0.2) is 0 Å². The summed E-state index contributed by atoms with van der Waals surface area (Å²) in [5.74, 6) is 1.70. The minimum absolute atomic E-state index is 0.500. The Morgan fingerprint density at radius 2 is 1.83 bits per heavy atom. The summed E-state index contributed by atoms with van der Waals surface area (Å²) in [5, 5.41) is 0. The van der Waals surface area contributed by atoms with Crippen molar-refractivity contribution in [3.05, 3.63) is 0 Å². The summed E-state index contributed by atoms with van der Waals surface area (Å²) in [6, 6.07) is 0.855. The fraction of sp³-hybridized carbons (Fsp3) is 1.00. The zero-order chi connectivity index (χ0) is 13.2. The lowest BCUT2D eigenvalue weighted by Crippen LogP contribution is -2.34. The van der Waals surface area contributed by atoms with Gasteiger partial charge in [-0.1, -0.05) is 27.2 Å². The summed E-state index contributed by atoms with van der Waals surface area (Å²) in [7, 11) is 0. The van der Waals surface area contributed by atoms with Gasteiger partial charge < -0.3 is 10.6 Å². The molecule has 0 aromatic carbocycles. The zero-order valence-electron chi connectivity index (χ0n) is 12.6. The maximum absolute atomic E-state index is 5.81. The monoisotopic (exact) mass is 252 g/mol. The van der Waals surface area contributed by atoms with Crippen LogP contribution in [0.1, 0.15) is 59.3 Å². The Kier molecular flexibility index (Phi) is 4.71.